The van der Waals surface area contributed by atoms with E-state index in [9.17, 15) is 18.0 Å². The Hall–Kier alpha value is -2.29. The monoisotopic (exact) mass is 539 g/mol. The van der Waals surface area contributed by atoms with E-state index < -0.39 is 28.5 Å². The van der Waals surface area contributed by atoms with Crippen molar-refractivity contribution in [3.05, 3.63) is 64.1 Å². The van der Waals surface area contributed by atoms with Crippen molar-refractivity contribution in [2.45, 2.75) is 57.7 Å². The van der Waals surface area contributed by atoms with Gasteiger partial charge in [-0.2, -0.15) is 0 Å². The van der Waals surface area contributed by atoms with Crippen molar-refractivity contribution in [3.63, 3.8) is 0 Å². The maximum Gasteiger partial charge on any atom is 0.244 e. The molecule has 0 aromatic heterocycles. The highest BCUT2D eigenvalue weighted by molar-refractivity contribution is 7.92. The lowest BCUT2D eigenvalue weighted by atomic mass is 9.95. The van der Waals surface area contributed by atoms with Gasteiger partial charge in [0, 0.05) is 22.6 Å². The fourth-order valence-electron chi connectivity index (χ4n) is 4.23. The number of hydrogen-bond acceptors (Lipinski definition) is 4. The minimum atomic E-state index is -3.81. The summed E-state index contributed by atoms with van der Waals surface area (Å²) >= 11 is 12.2. The minimum absolute atomic E-state index is 0.0841. The predicted molar refractivity (Wildman–Crippen MR) is 140 cm³/mol. The summed E-state index contributed by atoms with van der Waals surface area (Å²) in [6.45, 7) is 1.29. The van der Waals surface area contributed by atoms with Crippen molar-refractivity contribution in [3.8, 4) is 0 Å². The molecule has 1 saturated carbocycles. The molecule has 35 heavy (non-hydrogen) atoms. The van der Waals surface area contributed by atoms with Crippen molar-refractivity contribution in [1.82, 2.24) is 10.2 Å². The number of rotatable bonds is 9. The van der Waals surface area contributed by atoms with Gasteiger partial charge >= 0.3 is 0 Å². The van der Waals surface area contributed by atoms with Crippen LogP contribution in [0.2, 0.25) is 10.0 Å². The van der Waals surface area contributed by atoms with Crippen molar-refractivity contribution in [1.29, 1.82) is 0 Å². The molecule has 190 valence electrons. The lowest BCUT2D eigenvalue weighted by molar-refractivity contribution is -0.139. The Bertz CT molecular complexity index is 1150. The van der Waals surface area contributed by atoms with Crippen molar-refractivity contribution in [2.24, 2.45) is 0 Å². The van der Waals surface area contributed by atoms with Gasteiger partial charge in [0.15, 0.2) is 0 Å². The summed E-state index contributed by atoms with van der Waals surface area (Å²) in [5, 5.41) is 3.92. The quantitative estimate of drug-likeness (QED) is 0.503. The maximum absolute atomic E-state index is 13.6. The first-order valence-corrected chi connectivity index (χ1v) is 14.2. The number of carbonyl (C=O) groups excluding carboxylic acids is 2. The maximum atomic E-state index is 13.6. The van der Waals surface area contributed by atoms with E-state index in [1.54, 1.807) is 43.3 Å². The fraction of sp³-hybridized carbons (Fsp3) is 0.440. The molecule has 2 amide bonds. The van der Waals surface area contributed by atoms with Crippen molar-refractivity contribution >= 4 is 50.7 Å². The highest BCUT2D eigenvalue weighted by Gasteiger charge is 2.31. The molecule has 1 fully saturated rings. The van der Waals surface area contributed by atoms with E-state index in [-0.39, 0.29) is 24.2 Å². The van der Waals surface area contributed by atoms with Crippen LogP contribution in [-0.4, -0.2) is 50.0 Å². The summed E-state index contributed by atoms with van der Waals surface area (Å²) < 4.78 is 26.2. The zero-order valence-electron chi connectivity index (χ0n) is 19.9. The van der Waals surface area contributed by atoms with E-state index in [1.165, 1.54) is 11.0 Å². The summed E-state index contributed by atoms with van der Waals surface area (Å²) in [7, 11) is -3.81. The van der Waals surface area contributed by atoms with Gasteiger partial charge in [0.05, 0.1) is 11.9 Å². The van der Waals surface area contributed by atoms with E-state index in [0.29, 0.717) is 10.0 Å². The molecule has 0 spiro atoms. The Morgan fingerprint density at radius 2 is 1.66 bits per heavy atom. The zero-order valence-corrected chi connectivity index (χ0v) is 22.2. The molecule has 0 saturated heterocycles. The standard InChI is InChI=1S/C25H31Cl2N3O4S/c1-18(25(32)28-22-11-4-3-5-12-22)29(16-19-8-6-9-20(26)14-19)24(31)17-30(35(2,33)34)23-13-7-10-21(27)15-23/h6-10,13-15,18,22H,3-5,11-12,16-17H2,1-2H3,(H,28,32)/t18-/m0/s1. The van der Waals surface area contributed by atoms with Gasteiger partial charge in [0.2, 0.25) is 21.8 Å². The van der Waals surface area contributed by atoms with Gasteiger partial charge < -0.3 is 10.2 Å². The molecule has 0 aliphatic heterocycles. The smallest absolute Gasteiger partial charge is 0.244 e. The van der Waals surface area contributed by atoms with Gasteiger partial charge in [-0.1, -0.05) is 60.7 Å². The van der Waals surface area contributed by atoms with Crippen molar-refractivity contribution < 1.29 is 18.0 Å². The van der Waals surface area contributed by atoms with Gasteiger partial charge in [-0.3, -0.25) is 13.9 Å². The van der Waals surface area contributed by atoms with Gasteiger partial charge in [0.25, 0.3) is 0 Å². The van der Waals surface area contributed by atoms with Crippen LogP contribution in [0.4, 0.5) is 5.69 Å². The van der Waals surface area contributed by atoms with E-state index in [2.05, 4.69) is 5.32 Å². The number of sulfonamides is 1. The van der Waals surface area contributed by atoms with E-state index in [4.69, 9.17) is 23.2 Å². The number of anilines is 1. The molecule has 0 unspecified atom stereocenters. The van der Waals surface area contributed by atoms with Gasteiger partial charge in [-0.25, -0.2) is 8.42 Å². The van der Waals surface area contributed by atoms with Crippen LogP contribution in [0.1, 0.15) is 44.6 Å². The summed E-state index contributed by atoms with van der Waals surface area (Å²) in [5.74, 6) is -0.775. The van der Waals surface area contributed by atoms with Crippen LogP contribution in [0.5, 0.6) is 0 Å². The van der Waals surface area contributed by atoms with Crippen LogP contribution in [0.25, 0.3) is 0 Å². The Kier molecular flexibility index (Phi) is 9.44. The van der Waals surface area contributed by atoms with Gasteiger partial charge in [-0.15, -0.1) is 0 Å². The molecule has 2 aromatic rings. The molecular weight excluding hydrogens is 509 g/mol. The molecule has 0 heterocycles. The highest BCUT2D eigenvalue weighted by atomic mass is 35.5. The fourth-order valence-corrected chi connectivity index (χ4v) is 5.47. The molecular formula is C25H31Cl2N3O4S. The molecule has 2 aromatic carbocycles. The van der Waals surface area contributed by atoms with Gasteiger partial charge in [-0.05, 0) is 55.7 Å². The van der Waals surface area contributed by atoms with E-state index in [0.717, 1.165) is 48.2 Å². The van der Waals surface area contributed by atoms with Crippen LogP contribution in [0.15, 0.2) is 48.5 Å². The van der Waals surface area contributed by atoms with Crippen LogP contribution < -0.4 is 9.62 Å². The average molecular weight is 541 g/mol. The second-order valence-electron chi connectivity index (χ2n) is 8.92. The third kappa shape index (κ3) is 7.85. The SMILES string of the molecule is C[C@@H](C(=O)NC1CCCCC1)N(Cc1cccc(Cl)c1)C(=O)CN(c1cccc(Cl)c1)S(C)(=O)=O. The van der Waals surface area contributed by atoms with Crippen LogP contribution in [-0.2, 0) is 26.2 Å². The molecule has 10 heteroatoms. The Labute approximate surface area is 217 Å². The summed E-state index contributed by atoms with van der Waals surface area (Å²) in [6, 6.07) is 12.6. The Morgan fingerprint density at radius 1 is 1.03 bits per heavy atom. The number of hydrogen-bond donors (Lipinski definition) is 1. The number of amides is 2. The normalized spacial score (nSPS) is 15.3. The van der Waals surface area contributed by atoms with Gasteiger partial charge in [0.1, 0.15) is 12.6 Å². The first-order chi connectivity index (χ1) is 16.5. The molecule has 1 aliphatic carbocycles. The summed E-state index contributed by atoms with van der Waals surface area (Å²) in [5.41, 5.74) is 1.01. The zero-order chi connectivity index (χ0) is 25.6. The summed E-state index contributed by atoms with van der Waals surface area (Å²) in [6.07, 6.45) is 6.14. The lowest BCUT2D eigenvalue weighted by Crippen LogP contribution is -2.52. The predicted octanol–water partition coefficient (Wildman–Crippen LogP) is 4.63. The average Bonchev–Trinajstić information content (AvgIpc) is 2.80. The van der Waals surface area contributed by atoms with E-state index >= 15 is 0 Å². The van der Waals surface area contributed by atoms with Crippen LogP contribution >= 0.6 is 23.2 Å². The number of halogens is 2. The van der Waals surface area contributed by atoms with Crippen LogP contribution in [0.3, 0.4) is 0 Å². The molecule has 7 nitrogen and oxygen atoms in total. The number of nitrogens with zero attached hydrogens (tertiary/aromatic N) is 2. The Balaban J connectivity index is 1.87. The molecule has 1 atom stereocenters. The third-order valence-electron chi connectivity index (χ3n) is 6.14. The van der Waals surface area contributed by atoms with Crippen LogP contribution in [0, 0.1) is 0 Å². The first kappa shape index (κ1) is 27.3. The molecule has 0 bridgehead atoms. The second-order valence-corrected chi connectivity index (χ2v) is 11.7. The topological polar surface area (TPSA) is 86.8 Å². The molecule has 3 rings (SSSR count). The lowest BCUT2D eigenvalue weighted by Gasteiger charge is -2.33. The first-order valence-electron chi connectivity index (χ1n) is 11.6. The highest BCUT2D eigenvalue weighted by Crippen LogP contribution is 2.23. The summed E-state index contributed by atoms with van der Waals surface area (Å²) in [4.78, 5) is 28.1. The molecule has 1 N–H and O–H groups in total. The number of nitrogens with one attached hydrogen (secondary N) is 1. The molecule has 0 radical (unpaired) electrons. The second kappa shape index (κ2) is 12.1. The largest absolute Gasteiger partial charge is 0.352 e. The van der Waals surface area contributed by atoms with Crippen molar-refractivity contribution in [2.75, 3.05) is 17.1 Å². The van der Waals surface area contributed by atoms with E-state index in [1.807, 2.05) is 6.07 Å². The third-order valence-corrected chi connectivity index (χ3v) is 7.75. The molecule has 1 aliphatic rings. The number of carbonyl (C=O) groups is 2. The Morgan fingerprint density at radius 3 is 2.26 bits per heavy atom. The number of benzene rings is 2. The minimum Gasteiger partial charge on any atom is -0.352 e.